The molecule has 2 N–H and O–H groups in total. The van der Waals surface area contributed by atoms with Crippen molar-refractivity contribution in [3.63, 3.8) is 0 Å². The highest BCUT2D eigenvalue weighted by molar-refractivity contribution is 4.97. The zero-order valence-electron chi connectivity index (χ0n) is 10.9. The van der Waals surface area contributed by atoms with E-state index >= 15 is 0 Å². The van der Waals surface area contributed by atoms with Crippen LogP contribution in [0.15, 0.2) is 0 Å². The van der Waals surface area contributed by atoms with E-state index in [1.807, 2.05) is 0 Å². The summed E-state index contributed by atoms with van der Waals surface area (Å²) in [6.07, 6.45) is 3.95. The van der Waals surface area contributed by atoms with Crippen LogP contribution in [0.2, 0.25) is 0 Å². The molecule has 1 aliphatic rings. The van der Waals surface area contributed by atoms with Gasteiger partial charge in [-0.1, -0.05) is 27.7 Å². The van der Waals surface area contributed by atoms with Crippen molar-refractivity contribution in [2.24, 2.45) is 17.6 Å². The van der Waals surface area contributed by atoms with Crippen molar-refractivity contribution in [3.8, 4) is 0 Å². The highest BCUT2D eigenvalue weighted by atomic mass is 15.2. The van der Waals surface area contributed by atoms with E-state index in [-0.39, 0.29) is 0 Å². The average molecular weight is 212 g/mol. The second-order valence-corrected chi connectivity index (χ2v) is 5.46. The first-order chi connectivity index (χ1) is 7.07. The van der Waals surface area contributed by atoms with Crippen molar-refractivity contribution in [2.45, 2.75) is 52.5 Å². The first-order valence-corrected chi connectivity index (χ1v) is 6.53. The van der Waals surface area contributed by atoms with Gasteiger partial charge < -0.3 is 5.73 Å². The molecule has 2 unspecified atom stereocenters. The van der Waals surface area contributed by atoms with Crippen molar-refractivity contribution in [2.75, 3.05) is 19.6 Å². The van der Waals surface area contributed by atoms with Crippen LogP contribution in [-0.4, -0.2) is 30.1 Å². The molecule has 1 rings (SSSR count). The molecule has 0 saturated heterocycles. The maximum atomic E-state index is 6.07. The highest BCUT2D eigenvalue weighted by Gasteiger charge is 2.40. The molecular formula is C13H28N2. The van der Waals surface area contributed by atoms with Crippen LogP contribution in [0.25, 0.3) is 0 Å². The van der Waals surface area contributed by atoms with Crippen molar-refractivity contribution < 1.29 is 0 Å². The number of hydrogen-bond donors (Lipinski definition) is 1. The summed E-state index contributed by atoms with van der Waals surface area (Å²) in [6, 6.07) is 0. The second-order valence-electron chi connectivity index (χ2n) is 5.46. The summed E-state index contributed by atoms with van der Waals surface area (Å²) in [5.41, 5.74) is 6.37. The second kappa shape index (κ2) is 5.31. The molecule has 2 nitrogen and oxygen atoms in total. The van der Waals surface area contributed by atoms with Gasteiger partial charge in [-0.2, -0.15) is 0 Å². The van der Waals surface area contributed by atoms with Crippen LogP contribution in [0, 0.1) is 11.8 Å². The van der Waals surface area contributed by atoms with Crippen molar-refractivity contribution in [3.05, 3.63) is 0 Å². The zero-order chi connectivity index (χ0) is 11.5. The van der Waals surface area contributed by atoms with E-state index in [1.54, 1.807) is 0 Å². The van der Waals surface area contributed by atoms with Crippen molar-refractivity contribution >= 4 is 0 Å². The lowest BCUT2D eigenvalue weighted by molar-refractivity contribution is 0.0269. The van der Waals surface area contributed by atoms with Gasteiger partial charge in [0.2, 0.25) is 0 Å². The number of nitrogens with two attached hydrogens (primary N) is 1. The molecule has 2 heteroatoms. The molecule has 90 valence electrons. The van der Waals surface area contributed by atoms with Gasteiger partial charge in [-0.05, 0) is 44.2 Å². The third-order valence-electron chi connectivity index (χ3n) is 4.08. The molecule has 0 aromatic heterocycles. The zero-order valence-corrected chi connectivity index (χ0v) is 10.9. The first-order valence-electron chi connectivity index (χ1n) is 6.53. The molecule has 2 atom stereocenters. The van der Waals surface area contributed by atoms with E-state index in [4.69, 9.17) is 5.73 Å². The largest absolute Gasteiger partial charge is 0.329 e. The minimum Gasteiger partial charge on any atom is -0.329 e. The van der Waals surface area contributed by atoms with E-state index in [1.165, 1.54) is 19.3 Å². The Balaban J connectivity index is 2.81. The van der Waals surface area contributed by atoms with Gasteiger partial charge in [0.15, 0.2) is 0 Å². The van der Waals surface area contributed by atoms with Gasteiger partial charge in [0, 0.05) is 12.1 Å². The van der Waals surface area contributed by atoms with Gasteiger partial charge in [-0.15, -0.1) is 0 Å². The minimum atomic E-state index is 0.292. The fourth-order valence-electron chi connectivity index (χ4n) is 3.68. The maximum Gasteiger partial charge on any atom is 0.0336 e. The summed E-state index contributed by atoms with van der Waals surface area (Å²) < 4.78 is 0. The van der Waals surface area contributed by atoms with Crippen molar-refractivity contribution in [1.29, 1.82) is 0 Å². The summed E-state index contributed by atoms with van der Waals surface area (Å²) in [4.78, 5) is 2.58. The smallest absolute Gasteiger partial charge is 0.0336 e. The van der Waals surface area contributed by atoms with Gasteiger partial charge in [0.05, 0.1) is 0 Å². The fourth-order valence-corrected chi connectivity index (χ4v) is 3.68. The molecule has 0 spiro atoms. The molecule has 0 heterocycles. The van der Waals surface area contributed by atoms with E-state index in [9.17, 15) is 0 Å². The summed E-state index contributed by atoms with van der Waals surface area (Å²) in [5, 5.41) is 0. The molecule has 0 bridgehead atoms. The van der Waals surface area contributed by atoms with Crippen LogP contribution in [-0.2, 0) is 0 Å². The molecule has 0 aliphatic heterocycles. The van der Waals surface area contributed by atoms with Gasteiger partial charge in [-0.3, -0.25) is 4.90 Å². The van der Waals surface area contributed by atoms with Crippen LogP contribution in [0.3, 0.4) is 0 Å². The van der Waals surface area contributed by atoms with E-state index in [0.717, 1.165) is 31.5 Å². The lowest BCUT2D eigenvalue weighted by Gasteiger charge is -2.49. The Labute approximate surface area is 95.2 Å². The Kier molecular flexibility index (Phi) is 4.60. The van der Waals surface area contributed by atoms with Gasteiger partial charge in [0.1, 0.15) is 0 Å². The van der Waals surface area contributed by atoms with E-state index in [0.29, 0.717) is 5.54 Å². The third kappa shape index (κ3) is 2.73. The molecular weight excluding hydrogens is 184 g/mol. The van der Waals surface area contributed by atoms with Crippen LogP contribution in [0.5, 0.6) is 0 Å². The summed E-state index contributed by atoms with van der Waals surface area (Å²) in [5.74, 6) is 1.66. The van der Waals surface area contributed by atoms with Gasteiger partial charge >= 0.3 is 0 Å². The Morgan fingerprint density at radius 1 is 1.13 bits per heavy atom. The van der Waals surface area contributed by atoms with Crippen LogP contribution in [0.4, 0.5) is 0 Å². The quantitative estimate of drug-likeness (QED) is 0.776. The molecule has 0 aromatic rings. The predicted molar refractivity (Wildman–Crippen MR) is 66.9 cm³/mol. The molecule has 0 aromatic carbocycles. The van der Waals surface area contributed by atoms with Gasteiger partial charge in [-0.25, -0.2) is 0 Å². The Bertz CT molecular complexity index is 177. The lowest BCUT2D eigenvalue weighted by Crippen LogP contribution is -2.57. The number of hydrogen-bond acceptors (Lipinski definition) is 2. The van der Waals surface area contributed by atoms with E-state index in [2.05, 4.69) is 32.6 Å². The third-order valence-corrected chi connectivity index (χ3v) is 4.08. The van der Waals surface area contributed by atoms with Crippen LogP contribution in [0.1, 0.15) is 47.0 Å². The molecule has 0 amide bonds. The van der Waals surface area contributed by atoms with Crippen molar-refractivity contribution in [1.82, 2.24) is 4.90 Å². The topological polar surface area (TPSA) is 29.3 Å². The number of likely N-dealkylation sites (N-methyl/N-ethyl adjacent to an activating group) is 1. The van der Waals surface area contributed by atoms with Gasteiger partial charge in [0.25, 0.3) is 0 Å². The Morgan fingerprint density at radius 3 is 1.93 bits per heavy atom. The van der Waals surface area contributed by atoms with E-state index < -0.39 is 0 Å². The standard InChI is InChI=1S/C13H28N2/c1-5-15(6-2)13(10-14)8-11(3)7-12(4)9-13/h11-12H,5-10,14H2,1-4H3. The molecule has 1 aliphatic carbocycles. The first kappa shape index (κ1) is 13.0. The fraction of sp³-hybridized carbons (Fsp3) is 1.00. The summed E-state index contributed by atoms with van der Waals surface area (Å²) >= 11 is 0. The highest BCUT2D eigenvalue weighted by Crippen LogP contribution is 2.39. The molecule has 0 radical (unpaired) electrons. The van der Waals surface area contributed by atoms with Crippen LogP contribution >= 0.6 is 0 Å². The number of rotatable bonds is 4. The average Bonchev–Trinajstić information content (AvgIpc) is 2.18. The minimum absolute atomic E-state index is 0.292. The summed E-state index contributed by atoms with van der Waals surface area (Å²) in [6.45, 7) is 12.4. The molecule has 1 saturated carbocycles. The van der Waals surface area contributed by atoms with Crippen LogP contribution < -0.4 is 5.73 Å². The Hall–Kier alpha value is -0.0800. The maximum absolute atomic E-state index is 6.07. The Morgan fingerprint density at radius 2 is 1.60 bits per heavy atom. The SMILES string of the molecule is CCN(CC)C1(CN)CC(C)CC(C)C1. The molecule has 1 fully saturated rings. The monoisotopic (exact) mass is 212 g/mol. The summed E-state index contributed by atoms with van der Waals surface area (Å²) in [7, 11) is 0. The molecule has 15 heavy (non-hydrogen) atoms. The predicted octanol–water partition coefficient (Wildman–Crippen LogP) is 2.48. The normalized spacial score (nSPS) is 37.2. The lowest BCUT2D eigenvalue weighted by atomic mass is 9.70. The number of nitrogens with zero attached hydrogens (tertiary/aromatic N) is 1.